The number of piperidine rings is 3. The maximum atomic E-state index is 12.7. The molecule has 0 unspecified atom stereocenters. The van der Waals surface area contributed by atoms with Gasteiger partial charge in [-0.3, -0.25) is 14.5 Å². The van der Waals surface area contributed by atoms with E-state index < -0.39 is 12.3 Å². The van der Waals surface area contributed by atoms with Crippen molar-refractivity contribution in [2.24, 2.45) is 5.92 Å². The number of benzene rings is 1. The van der Waals surface area contributed by atoms with E-state index in [2.05, 4.69) is 22.5 Å². The molecule has 160 valence electrons. The third-order valence-electron chi connectivity index (χ3n) is 5.80. The lowest BCUT2D eigenvalue weighted by atomic mass is 9.79. The summed E-state index contributed by atoms with van der Waals surface area (Å²) in [5, 5.41) is 5.81. The van der Waals surface area contributed by atoms with Crippen molar-refractivity contribution in [3.05, 3.63) is 41.3 Å². The highest BCUT2D eigenvalue weighted by atomic mass is 32.1. The molecule has 0 aliphatic carbocycles. The predicted molar refractivity (Wildman–Crippen MR) is 110 cm³/mol. The molecule has 4 heterocycles. The minimum absolute atomic E-state index is 0.113. The van der Waals surface area contributed by atoms with E-state index in [1.54, 1.807) is 24.3 Å². The lowest BCUT2D eigenvalue weighted by molar-refractivity contribution is -0.126. The number of carbonyl (C=O) groups is 2. The van der Waals surface area contributed by atoms with E-state index in [1.807, 2.05) is 0 Å². The van der Waals surface area contributed by atoms with E-state index in [1.165, 1.54) is 23.5 Å². The van der Waals surface area contributed by atoms with Crippen LogP contribution in [0.2, 0.25) is 0 Å². The van der Waals surface area contributed by atoms with Crippen LogP contribution >= 0.6 is 11.3 Å². The third-order valence-corrected chi connectivity index (χ3v) is 6.76. The molecule has 3 saturated heterocycles. The first-order chi connectivity index (χ1) is 14.4. The van der Waals surface area contributed by atoms with Gasteiger partial charge in [-0.2, -0.15) is 8.78 Å². The van der Waals surface area contributed by atoms with Crippen LogP contribution in [0.15, 0.2) is 36.4 Å². The minimum Gasteiger partial charge on any atom is -0.447 e. The lowest BCUT2D eigenvalue weighted by Crippen LogP contribution is -2.62. The number of thiophene rings is 1. The molecule has 2 N–H and O–H groups in total. The molecule has 2 atom stereocenters. The summed E-state index contributed by atoms with van der Waals surface area (Å²) >= 11 is 1.22. The average molecular weight is 435 g/mol. The van der Waals surface area contributed by atoms with Gasteiger partial charge in [0.15, 0.2) is 5.06 Å². The van der Waals surface area contributed by atoms with Crippen LogP contribution in [0.25, 0.3) is 0 Å². The zero-order valence-corrected chi connectivity index (χ0v) is 17.3. The third kappa shape index (κ3) is 4.46. The fourth-order valence-corrected chi connectivity index (χ4v) is 4.99. The molecule has 9 heteroatoms. The first-order valence-electron chi connectivity index (χ1n) is 9.92. The number of alkyl halides is 2. The van der Waals surface area contributed by atoms with Crippen LogP contribution in [0.4, 0.5) is 14.5 Å². The predicted octanol–water partition coefficient (Wildman–Crippen LogP) is 3.96. The molecule has 3 aliphatic rings. The van der Waals surface area contributed by atoms with Gasteiger partial charge in [-0.05, 0) is 63.0 Å². The number of amides is 2. The maximum absolute atomic E-state index is 12.7. The summed E-state index contributed by atoms with van der Waals surface area (Å²) in [5.74, 6) is -0.583. The molecule has 2 aromatic rings. The second-order valence-corrected chi connectivity index (χ2v) is 8.70. The number of nitrogens with one attached hydrogen (secondary N) is 2. The first-order valence-corrected chi connectivity index (χ1v) is 10.7. The number of nitrogens with zero attached hydrogens (tertiary/aromatic N) is 1. The summed E-state index contributed by atoms with van der Waals surface area (Å²) < 4.78 is 30.5. The molecule has 2 amide bonds. The summed E-state index contributed by atoms with van der Waals surface area (Å²) in [6, 6.07) is 10.1. The molecule has 0 saturated carbocycles. The first kappa shape index (κ1) is 20.7. The van der Waals surface area contributed by atoms with Crippen LogP contribution in [-0.2, 0) is 4.79 Å². The van der Waals surface area contributed by atoms with Crippen molar-refractivity contribution in [2.75, 3.05) is 18.4 Å². The molecule has 3 fully saturated rings. The van der Waals surface area contributed by atoms with Gasteiger partial charge in [-0.25, -0.2) is 0 Å². The van der Waals surface area contributed by atoms with Crippen molar-refractivity contribution < 1.29 is 23.1 Å². The number of ether oxygens (including phenoxy) is 1. The van der Waals surface area contributed by atoms with Crippen LogP contribution in [0.1, 0.15) is 29.4 Å². The molecule has 0 radical (unpaired) electrons. The van der Waals surface area contributed by atoms with Gasteiger partial charge in [-0.1, -0.05) is 17.4 Å². The number of rotatable bonds is 6. The van der Waals surface area contributed by atoms with Gasteiger partial charge in [0.25, 0.3) is 11.8 Å². The molecule has 2 bridgehead atoms. The Balaban J connectivity index is 1.38. The Kier molecular flexibility index (Phi) is 6.01. The molecule has 6 nitrogen and oxygen atoms in total. The molecule has 1 aromatic heterocycles. The molecule has 1 aromatic carbocycles. The van der Waals surface area contributed by atoms with Crippen molar-refractivity contribution in [2.45, 2.75) is 38.3 Å². The van der Waals surface area contributed by atoms with Gasteiger partial charge in [0, 0.05) is 23.8 Å². The molecule has 3 aliphatic heterocycles. The molecule has 0 spiro atoms. The number of fused-ring (bicyclic) bond motifs is 3. The van der Waals surface area contributed by atoms with Gasteiger partial charge < -0.3 is 15.4 Å². The second kappa shape index (κ2) is 8.69. The van der Waals surface area contributed by atoms with E-state index in [0.29, 0.717) is 27.6 Å². The number of hydrogen-bond acceptors (Lipinski definition) is 5. The van der Waals surface area contributed by atoms with Crippen molar-refractivity contribution in [3.63, 3.8) is 0 Å². The summed E-state index contributed by atoms with van der Waals surface area (Å²) in [7, 11) is 0. The van der Waals surface area contributed by atoms with Gasteiger partial charge >= 0.3 is 6.43 Å². The van der Waals surface area contributed by atoms with Crippen molar-refractivity contribution in [1.29, 1.82) is 0 Å². The Morgan fingerprint density at radius 1 is 1.20 bits per heavy atom. The maximum Gasteiger partial charge on any atom is 0.315 e. The summed E-state index contributed by atoms with van der Waals surface area (Å²) in [6.45, 7) is 4.37. The summed E-state index contributed by atoms with van der Waals surface area (Å²) in [4.78, 5) is 26.9. The van der Waals surface area contributed by atoms with E-state index in [-0.39, 0.29) is 17.6 Å². The van der Waals surface area contributed by atoms with E-state index >= 15 is 0 Å². The zero-order chi connectivity index (χ0) is 21.3. The molecular formula is C21H23F2N3O3S. The highest BCUT2D eigenvalue weighted by Gasteiger charge is 2.40. The molecule has 5 rings (SSSR count). The van der Waals surface area contributed by atoms with Crippen LogP contribution in [0.3, 0.4) is 0 Å². The number of anilines is 1. The van der Waals surface area contributed by atoms with Crippen molar-refractivity contribution in [3.8, 4) is 10.8 Å². The Bertz CT molecular complexity index is 926. The van der Waals surface area contributed by atoms with Gasteiger partial charge in [0.2, 0.25) is 0 Å². The monoisotopic (exact) mass is 435 g/mol. The quantitative estimate of drug-likeness (QED) is 0.721. The van der Waals surface area contributed by atoms with Gasteiger partial charge in [-0.15, -0.1) is 0 Å². The second-order valence-electron chi connectivity index (χ2n) is 7.65. The smallest absolute Gasteiger partial charge is 0.315 e. The SMILES string of the molecule is C[C@@H]1[C@H](NC(=O)c2ccc(Oc3cccc(NC(=O)C(F)F)c3)s2)C2CCN1CC2. The molecule has 30 heavy (non-hydrogen) atoms. The van der Waals surface area contributed by atoms with Crippen LogP contribution in [0.5, 0.6) is 10.8 Å². The Labute approximate surface area is 177 Å². The number of halogens is 2. The summed E-state index contributed by atoms with van der Waals surface area (Å²) in [5.41, 5.74) is 0.212. The van der Waals surface area contributed by atoms with E-state index in [0.717, 1.165) is 25.9 Å². The lowest BCUT2D eigenvalue weighted by Gasteiger charge is -2.49. The number of hydrogen-bond donors (Lipinski definition) is 2. The van der Waals surface area contributed by atoms with Crippen molar-refractivity contribution >= 4 is 28.8 Å². The Morgan fingerprint density at radius 2 is 1.97 bits per heavy atom. The zero-order valence-electron chi connectivity index (χ0n) is 16.4. The van der Waals surface area contributed by atoms with Crippen molar-refractivity contribution in [1.82, 2.24) is 10.2 Å². The minimum atomic E-state index is -3.09. The van der Waals surface area contributed by atoms with Gasteiger partial charge in [0.05, 0.1) is 4.88 Å². The Morgan fingerprint density at radius 3 is 2.67 bits per heavy atom. The average Bonchev–Trinajstić information content (AvgIpc) is 3.19. The highest BCUT2D eigenvalue weighted by molar-refractivity contribution is 7.15. The summed E-state index contributed by atoms with van der Waals surface area (Å²) in [6.07, 6.45) is -0.856. The van der Waals surface area contributed by atoms with E-state index in [4.69, 9.17) is 4.74 Å². The fraction of sp³-hybridized carbons (Fsp3) is 0.429. The fourth-order valence-electron chi connectivity index (χ4n) is 4.22. The molecular weight excluding hydrogens is 412 g/mol. The van der Waals surface area contributed by atoms with Crippen LogP contribution < -0.4 is 15.4 Å². The van der Waals surface area contributed by atoms with E-state index in [9.17, 15) is 18.4 Å². The normalized spacial score (nSPS) is 25.2. The van der Waals surface area contributed by atoms with Crippen LogP contribution in [-0.4, -0.2) is 48.3 Å². The Hall–Kier alpha value is -2.52. The standard InChI is InChI=1S/C21H23F2N3O3S/c1-12-18(13-7-9-26(12)10-8-13)25-20(27)16-5-6-17(30-16)29-15-4-2-3-14(11-15)24-21(28)19(22)23/h2-6,11-13,18-19H,7-10H2,1H3,(H,24,28)(H,25,27)/t12-,18+/m1/s1. The van der Waals surface area contributed by atoms with Gasteiger partial charge in [0.1, 0.15) is 5.75 Å². The number of carbonyl (C=O) groups excluding carboxylic acids is 2. The van der Waals surface area contributed by atoms with Crippen LogP contribution in [0, 0.1) is 5.92 Å². The largest absolute Gasteiger partial charge is 0.447 e. The highest BCUT2D eigenvalue weighted by Crippen LogP contribution is 2.34. The topological polar surface area (TPSA) is 70.7 Å².